The molecule has 2 atom stereocenters. The fraction of sp³-hybridized carbons (Fsp3) is 0.588. The molecule has 2 unspecified atom stereocenters. The van der Waals surface area contributed by atoms with Crippen molar-refractivity contribution < 1.29 is 13.2 Å². The number of likely N-dealkylation sites (tertiary alicyclic amines) is 1. The molecule has 0 spiro atoms. The molecular formula is C17H28N4O3S. The first-order valence-corrected chi connectivity index (χ1v) is 10.0. The number of carbonyl (C=O) groups is 1. The molecule has 0 bridgehead atoms. The predicted molar refractivity (Wildman–Crippen MR) is 97.3 cm³/mol. The minimum Gasteiger partial charge on any atom is -0.354 e. The summed E-state index contributed by atoms with van der Waals surface area (Å²) < 4.78 is 22.4. The number of amides is 1. The zero-order valence-corrected chi connectivity index (χ0v) is 15.7. The molecule has 0 aliphatic carbocycles. The van der Waals surface area contributed by atoms with Crippen LogP contribution in [0.3, 0.4) is 0 Å². The maximum absolute atomic E-state index is 12.3. The van der Waals surface area contributed by atoms with E-state index in [1.807, 2.05) is 6.92 Å². The van der Waals surface area contributed by atoms with Gasteiger partial charge in [-0.05, 0) is 56.0 Å². The third-order valence-electron chi connectivity index (χ3n) is 4.97. The summed E-state index contributed by atoms with van der Waals surface area (Å²) in [6, 6.07) is 6.20. The molecule has 140 valence electrons. The highest BCUT2D eigenvalue weighted by Gasteiger charge is 2.36. The first kappa shape index (κ1) is 19.8. The van der Waals surface area contributed by atoms with Gasteiger partial charge in [-0.25, -0.2) is 13.6 Å². The van der Waals surface area contributed by atoms with E-state index in [-0.39, 0.29) is 22.3 Å². The third kappa shape index (κ3) is 5.24. The minimum absolute atomic E-state index is 0.00225. The molecule has 1 fully saturated rings. The second-order valence-electron chi connectivity index (χ2n) is 7.14. The van der Waals surface area contributed by atoms with Crippen LogP contribution in [0.2, 0.25) is 0 Å². The molecule has 1 aromatic rings. The van der Waals surface area contributed by atoms with E-state index < -0.39 is 10.0 Å². The Morgan fingerprint density at radius 3 is 2.52 bits per heavy atom. The Bertz CT molecular complexity index is 705. The number of sulfonamides is 1. The Kier molecular flexibility index (Phi) is 6.21. The van der Waals surface area contributed by atoms with Gasteiger partial charge in [-0.15, -0.1) is 0 Å². The molecule has 7 nitrogen and oxygen atoms in total. The van der Waals surface area contributed by atoms with Crippen LogP contribution in [0, 0.1) is 5.41 Å². The van der Waals surface area contributed by atoms with Gasteiger partial charge in [0.1, 0.15) is 0 Å². The molecule has 8 heteroatoms. The highest BCUT2D eigenvalue weighted by molar-refractivity contribution is 7.89. The van der Waals surface area contributed by atoms with Gasteiger partial charge in [-0.3, -0.25) is 9.69 Å². The van der Waals surface area contributed by atoms with E-state index in [2.05, 4.69) is 17.1 Å². The standard InChI is InChI=1S/C17H28N4O3S/c1-13(21-10-8-17(2,11-18)12-21)16(22)20-9-7-14-3-5-15(6-4-14)25(19,23)24/h3-6,13H,7-12,18H2,1-2H3,(H,20,22)(H2,19,23,24). The quantitative estimate of drug-likeness (QED) is 0.628. The van der Waals surface area contributed by atoms with Gasteiger partial charge < -0.3 is 11.1 Å². The van der Waals surface area contributed by atoms with Crippen molar-refractivity contribution in [3.63, 3.8) is 0 Å². The Labute approximate surface area is 149 Å². The van der Waals surface area contributed by atoms with E-state index in [9.17, 15) is 13.2 Å². The highest BCUT2D eigenvalue weighted by atomic mass is 32.2. The molecule has 2 rings (SSSR count). The average molecular weight is 369 g/mol. The molecule has 1 heterocycles. The molecule has 0 saturated carbocycles. The Morgan fingerprint density at radius 1 is 1.36 bits per heavy atom. The van der Waals surface area contributed by atoms with Crippen LogP contribution in [0.1, 0.15) is 25.8 Å². The van der Waals surface area contributed by atoms with Gasteiger partial charge in [-0.2, -0.15) is 0 Å². The normalized spacial score (nSPS) is 22.7. The Balaban J connectivity index is 1.80. The smallest absolute Gasteiger partial charge is 0.238 e. The van der Waals surface area contributed by atoms with Crippen molar-refractivity contribution >= 4 is 15.9 Å². The number of hydrogen-bond acceptors (Lipinski definition) is 5. The second-order valence-corrected chi connectivity index (χ2v) is 8.70. The lowest BCUT2D eigenvalue weighted by molar-refractivity contribution is -0.125. The molecule has 5 N–H and O–H groups in total. The summed E-state index contributed by atoms with van der Waals surface area (Å²) in [5, 5.41) is 8.01. The molecule has 0 aromatic heterocycles. The minimum atomic E-state index is -3.67. The fourth-order valence-electron chi connectivity index (χ4n) is 3.05. The van der Waals surface area contributed by atoms with Crippen LogP contribution in [-0.4, -0.2) is 51.4 Å². The van der Waals surface area contributed by atoms with Crippen molar-refractivity contribution in [3.8, 4) is 0 Å². The highest BCUT2D eigenvalue weighted by Crippen LogP contribution is 2.29. The molecule has 1 amide bonds. The van der Waals surface area contributed by atoms with Gasteiger partial charge in [0.05, 0.1) is 10.9 Å². The largest absolute Gasteiger partial charge is 0.354 e. The van der Waals surface area contributed by atoms with E-state index >= 15 is 0 Å². The van der Waals surface area contributed by atoms with Crippen LogP contribution < -0.4 is 16.2 Å². The first-order valence-electron chi connectivity index (χ1n) is 8.48. The van der Waals surface area contributed by atoms with E-state index in [4.69, 9.17) is 10.9 Å². The van der Waals surface area contributed by atoms with Crippen molar-refractivity contribution in [2.24, 2.45) is 16.3 Å². The van der Waals surface area contributed by atoms with Crippen LogP contribution in [0.25, 0.3) is 0 Å². The van der Waals surface area contributed by atoms with Crippen LogP contribution in [0.5, 0.6) is 0 Å². The summed E-state index contributed by atoms with van der Waals surface area (Å²) in [5.74, 6) is 0.00225. The molecule has 0 radical (unpaired) electrons. The topological polar surface area (TPSA) is 119 Å². The van der Waals surface area contributed by atoms with Crippen molar-refractivity contribution in [1.82, 2.24) is 10.2 Å². The Morgan fingerprint density at radius 2 is 2.00 bits per heavy atom. The van der Waals surface area contributed by atoms with E-state index in [0.717, 1.165) is 25.1 Å². The molecule has 1 aliphatic heterocycles. The molecule has 1 aliphatic rings. The van der Waals surface area contributed by atoms with Gasteiger partial charge in [0.25, 0.3) is 0 Å². The van der Waals surface area contributed by atoms with Gasteiger partial charge in [-0.1, -0.05) is 19.1 Å². The van der Waals surface area contributed by atoms with Crippen LogP contribution in [0.4, 0.5) is 0 Å². The van der Waals surface area contributed by atoms with Crippen molar-refractivity contribution in [3.05, 3.63) is 29.8 Å². The van der Waals surface area contributed by atoms with Crippen LogP contribution in [0.15, 0.2) is 29.2 Å². The van der Waals surface area contributed by atoms with E-state index in [1.165, 1.54) is 12.1 Å². The summed E-state index contributed by atoms with van der Waals surface area (Å²) in [6.45, 7) is 6.93. The lowest BCUT2D eigenvalue weighted by Crippen LogP contribution is -2.45. The number of benzene rings is 1. The second kappa shape index (κ2) is 7.82. The lowest BCUT2D eigenvalue weighted by atomic mass is 9.90. The fourth-order valence-corrected chi connectivity index (χ4v) is 3.56. The van der Waals surface area contributed by atoms with Gasteiger partial charge in [0, 0.05) is 13.1 Å². The number of nitrogens with two attached hydrogens (primary N) is 2. The van der Waals surface area contributed by atoms with Crippen molar-refractivity contribution in [1.29, 1.82) is 0 Å². The summed E-state index contributed by atoms with van der Waals surface area (Å²) in [6.07, 6.45) is 1.64. The van der Waals surface area contributed by atoms with Crippen molar-refractivity contribution in [2.45, 2.75) is 37.6 Å². The molecule has 1 saturated heterocycles. The summed E-state index contributed by atoms with van der Waals surface area (Å²) >= 11 is 0. The third-order valence-corrected chi connectivity index (χ3v) is 5.90. The zero-order valence-electron chi connectivity index (χ0n) is 14.9. The lowest BCUT2D eigenvalue weighted by Gasteiger charge is -2.26. The summed E-state index contributed by atoms with van der Waals surface area (Å²) in [4.78, 5) is 14.6. The first-order chi connectivity index (χ1) is 11.6. The van der Waals surface area contributed by atoms with Crippen LogP contribution in [-0.2, 0) is 21.2 Å². The summed E-state index contributed by atoms with van der Waals surface area (Å²) in [7, 11) is -3.67. The molecule has 1 aromatic carbocycles. The van der Waals surface area contributed by atoms with E-state index in [0.29, 0.717) is 19.5 Å². The molecule has 25 heavy (non-hydrogen) atoms. The summed E-state index contributed by atoms with van der Waals surface area (Å²) in [5.41, 5.74) is 6.85. The van der Waals surface area contributed by atoms with Crippen LogP contribution >= 0.6 is 0 Å². The SMILES string of the molecule is CC(C(=O)NCCc1ccc(S(N)(=O)=O)cc1)N1CCC(C)(CN)C1. The monoisotopic (exact) mass is 368 g/mol. The van der Waals surface area contributed by atoms with Gasteiger partial charge in [0.15, 0.2) is 0 Å². The number of rotatable bonds is 7. The zero-order chi connectivity index (χ0) is 18.7. The average Bonchev–Trinajstić information content (AvgIpc) is 2.97. The number of nitrogens with one attached hydrogen (secondary N) is 1. The Hall–Kier alpha value is -1.48. The maximum atomic E-state index is 12.3. The van der Waals surface area contributed by atoms with E-state index in [1.54, 1.807) is 12.1 Å². The predicted octanol–water partition coefficient (Wildman–Crippen LogP) is 0.0519. The number of primary sulfonamides is 1. The van der Waals surface area contributed by atoms with Gasteiger partial charge in [0.2, 0.25) is 15.9 Å². The number of hydrogen-bond donors (Lipinski definition) is 3. The number of carbonyl (C=O) groups excluding carboxylic acids is 1. The van der Waals surface area contributed by atoms with Crippen molar-refractivity contribution in [2.75, 3.05) is 26.2 Å². The maximum Gasteiger partial charge on any atom is 0.238 e. The molecular weight excluding hydrogens is 340 g/mol. The number of nitrogens with zero attached hydrogens (tertiary/aromatic N) is 1. The van der Waals surface area contributed by atoms with Gasteiger partial charge >= 0.3 is 0 Å².